The normalized spacial score (nSPS) is 16.4. The van der Waals surface area contributed by atoms with Crippen LogP contribution in [0.25, 0.3) is 0 Å². The largest absolute Gasteiger partial charge is 0.356 e. The van der Waals surface area contributed by atoms with Crippen molar-refractivity contribution in [1.29, 1.82) is 0 Å². The lowest BCUT2D eigenvalue weighted by Gasteiger charge is -2.31. The number of piperidine rings is 1. The van der Waals surface area contributed by atoms with E-state index in [1.807, 2.05) is 22.4 Å². The molecule has 1 aromatic rings. The predicted molar refractivity (Wildman–Crippen MR) is 76.0 cm³/mol. The van der Waals surface area contributed by atoms with Gasteiger partial charge in [-0.1, -0.05) is 6.07 Å². The average Bonchev–Trinajstić information content (AvgIpc) is 2.89. The number of rotatable bonds is 4. The van der Waals surface area contributed by atoms with Gasteiger partial charge in [0.25, 0.3) is 0 Å². The molecule has 0 atom stereocenters. The molecule has 1 fully saturated rings. The molecule has 0 unspecified atom stereocenters. The number of thiophene rings is 1. The van der Waals surface area contributed by atoms with Gasteiger partial charge in [0.1, 0.15) is 0 Å². The Balaban J connectivity index is 1.66. The summed E-state index contributed by atoms with van der Waals surface area (Å²) in [5.41, 5.74) is 0. The van der Waals surface area contributed by atoms with Gasteiger partial charge >= 0.3 is 0 Å². The van der Waals surface area contributed by atoms with Crippen LogP contribution in [0, 0.1) is 5.92 Å². The first-order valence-corrected chi connectivity index (χ1v) is 7.57. The van der Waals surface area contributed by atoms with E-state index < -0.39 is 0 Å². The summed E-state index contributed by atoms with van der Waals surface area (Å²) in [6.07, 6.45) is 2.45. The summed E-state index contributed by atoms with van der Waals surface area (Å²) < 4.78 is 0. The number of hydrogen-bond donors (Lipinski definition) is 1. The maximum absolute atomic E-state index is 11.8. The van der Waals surface area contributed by atoms with Gasteiger partial charge in [-0.2, -0.15) is 0 Å². The quantitative estimate of drug-likeness (QED) is 0.912. The van der Waals surface area contributed by atoms with Gasteiger partial charge in [-0.25, -0.2) is 0 Å². The van der Waals surface area contributed by atoms with Crippen LogP contribution in [0.4, 0.5) is 0 Å². The molecule has 0 saturated carbocycles. The third kappa shape index (κ3) is 4.35. The molecule has 104 valence electrons. The summed E-state index contributed by atoms with van der Waals surface area (Å²) in [5.74, 6) is 0.750. The minimum absolute atomic E-state index is 0.0939. The molecule has 4 nitrogen and oxygen atoms in total. The first kappa shape index (κ1) is 14.1. The molecule has 2 amide bonds. The van der Waals surface area contributed by atoms with Gasteiger partial charge in [-0.15, -0.1) is 11.3 Å². The van der Waals surface area contributed by atoms with E-state index in [0.717, 1.165) is 37.4 Å². The maximum Gasteiger partial charge on any atom is 0.225 e. The number of nitrogens with one attached hydrogen (secondary N) is 1. The van der Waals surface area contributed by atoms with Crippen molar-refractivity contribution in [3.8, 4) is 0 Å². The van der Waals surface area contributed by atoms with Gasteiger partial charge < -0.3 is 10.2 Å². The SMILES string of the molecule is CC(=O)N1CCC(CNC(=O)Cc2cccs2)CC1. The highest BCUT2D eigenvalue weighted by Gasteiger charge is 2.20. The molecule has 1 aromatic heterocycles. The number of likely N-dealkylation sites (tertiary alicyclic amines) is 1. The van der Waals surface area contributed by atoms with Crippen molar-refractivity contribution in [3.63, 3.8) is 0 Å². The second-order valence-corrected chi connectivity index (χ2v) is 6.04. The van der Waals surface area contributed by atoms with Crippen molar-refractivity contribution in [2.24, 2.45) is 5.92 Å². The van der Waals surface area contributed by atoms with Gasteiger partial charge in [0, 0.05) is 31.4 Å². The van der Waals surface area contributed by atoms with E-state index in [0.29, 0.717) is 12.3 Å². The summed E-state index contributed by atoms with van der Waals surface area (Å²) in [5, 5.41) is 4.99. The second-order valence-electron chi connectivity index (χ2n) is 5.01. The highest BCUT2D eigenvalue weighted by molar-refractivity contribution is 7.10. The van der Waals surface area contributed by atoms with Crippen LogP contribution < -0.4 is 5.32 Å². The molecular formula is C14H20N2O2S. The van der Waals surface area contributed by atoms with Crippen LogP contribution in [-0.2, 0) is 16.0 Å². The molecule has 0 aromatic carbocycles. The van der Waals surface area contributed by atoms with E-state index >= 15 is 0 Å². The van der Waals surface area contributed by atoms with Crippen LogP contribution >= 0.6 is 11.3 Å². The van der Waals surface area contributed by atoms with E-state index in [9.17, 15) is 9.59 Å². The van der Waals surface area contributed by atoms with Gasteiger partial charge in [-0.05, 0) is 30.2 Å². The van der Waals surface area contributed by atoms with E-state index in [1.165, 1.54) is 0 Å². The lowest BCUT2D eigenvalue weighted by Crippen LogP contribution is -2.40. The smallest absolute Gasteiger partial charge is 0.225 e. The molecular weight excluding hydrogens is 260 g/mol. The minimum Gasteiger partial charge on any atom is -0.356 e. The number of carbonyl (C=O) groups excluding carboxylic acids is 2. The minimum atomic E-state index is 0.0939. The standard InChI is InChI=1S/C14H20N2O2S/c1-11(17)16-6-4-12(5-7-16)10-15-14(18)9-13-3-2-8-19-13/h2-3,8,12H,4-7,9-10H2,1H3,(H,15,18). The Bertz CT molecular complexity index is 423. The second kappa shape index (κ2) is 6.70. The predicted octanol–water partition coefficient (Wildman–Crippen LogP) is 1.67. The van der Waals surface area contributed by atoms with Gasteiger partial charge in [0.05, 0.1) is 6.42 Å². The van der Waals surface area contributed by atoms with Crippen LogP contribution in [0.15, 0.2) is 17.5 Å². The zero-order valence-electron chi connectivity index (χ0n) is 11.2. The average molecular weight is 280 g/mol. The van der Waals surface area contributed by atoms with Crippen molar-refractivity contribution in [2.45, 2.75) is 26.2 Å². The van der Waals surface area contributed by atoms with Crippen LogP contribution in [0.1, 0.15) is 24.6 Å². The fourth-order valence-corrected chi connectivity index (χ4v) is 3.05. The zero-order chi connectivity index (χ0) is 13.7. The fraction of sp³-hybridized carbons (Fsp3) is 0.571. The number of hydrogen-bond acceptors (Lipinski definition) is 3. The summed E-state index contributed by atoms with van der Waals surface area (Å²) >= 11 is 1.61. The molecule has 1 aliphatic heterocycles. The monoisotopic (exact) mass is 280 g/mol. The molecule has 0 radical (unpaired) electrons. The highest BCUT2D eigenvalue weighted by Crippen LogP contribution is 2.16. The molecule has 0 spiro atoms. The van der Waals surface area contributed by atoms with Crippen LogP contribution in [0.3, 0.4) is 0 Å². The summed E-state index contributed by atoms with van der Waals surface area (Å²) in [4.78, 5) is 25.9. The van der Waals surface area contributed by atoms with E-state index in [2.05, 4.69) is 5.32 Å². The van der Waals surface area contributed by atoms with Crippen molar-refractivity contribution in [2.75, 3.05) is 19.6 Å². The molecule has 19 heavy (non-hydrogen) atoms. The Morgan fingerprint density at radius 2 is 2.16 bits per heavy atom. The van der Waals surface area contributed by atoms with Crippen molar-refractivity contribution >= 4 is 23.2 Å². The van der Waals surface area contributed by atoms with Crippen LogP contribution in [-0.4, -0.2) is 36.3 Å². The van der Waals surface area contributed by atoms with E-state index in [1.54, 1.807) is 18.3 Å². The first-order chi connectivity index (χ1) is 9.15. The van der Waals surface area contributed by atoms with Crippen molar-refractivity contribution in [3.05, 3.63) is 22.4 Å². The number of amides is 2. The lowest BCUT2D eigenvalue weighted by molar-refractivity contribution is -0.130. The van der Waals surface area contributed by atoms with E-state index in [4.69, 9.17) is 0 Å². The Labute approximate surface area is 117 Å². The molecule has 1 saturated heterocycles. The van der Waals surface area contributed by atoms with E-state index in [-0.39, 0.29) is 11.8 Å². The summed E-state index contributed by atoms with van der Waals surface area (Å²) in [6.45, 7) is 3.99. The zero-order valence-corrected chi connectivity index (χ0v) is 12.0. The fourth-order valence-electron chi connectivity index (χ4n) is 2.34. The van der Waals surface area contributed by atoms with Gasteiger partial charge in [0.15, 0.2) is 0 Å². The summed E-state index contributed by atoms with van der Waals surface area (Å²) in [6, 6.07) is 3.94. The molecule has 1 N–H and O–H groups in total. The Hall–Kier alpha value is -1.36. The molecule has 1 aliphatic rings. The first-order valence-electron chi connectivity index (χ1n) is 6.69. The van der Waals surface area contributed by atoms with Crippen LogP contribution in [0.5, 0.6) is 0 Å². The molecule has 2 rings (SSSR count). The Morgan fingerprint density at radius 3 is 2.74 bits per heavy atom. The molecule has 0 bridgehead atoms. The third-order valence-corrected chi connectivity index (χ3v) is 4.44. The molecule has 5 heteroatoms. The van der Waals surface area contributed by atoms with Crippen molar-refractivity contribution in [1.82, 2.24) is 10.2 Å². The third-order valence-electron chi connectivity index (χ3n) is 3.56. The van der Waals surface area contributed by atoms with Gasteiger partial charge in [-0.3, -0.25) is 9.59 Å². The van der Waals surface area contributed by atoms with Gasteiger partial charge in [0.2, 0.25) is 11.8 Å². The van der Waals surface area contributed by atoms with Crippen molar-refractivity contribution < 1.29 is 9.59 Å². The highest BCUT2D eigenvalue weighted by atomic mass is 32.1. The lowest BCUT2D eigenvalue weighted by atomic mass is 9.97. The maximum atomic E-state index is 11.8. The number of nitrogens with zero attached hydrogens (tertiary/aromatic N) is 1. The number of carbonyl (C=O) groups is 2. The molecule has 2 heterocycles. The molecule has 0 aliphatic carbocycles. The summed E-state index contributed by atoms with van der Waals surface area (Å²) in [7, 11) is 0. The Morgan fingerprint density at radius 1 is 1.42 bits per heavy atom. The topological polar surface area (TPSA) is 49.4 Å². The van der Waals surface area contributed by atoms with Crippen LogP contribution in [0.2, 0.25) is 0 Å². The Kier molecular flexibility index (Phi) is 4.96.